The number of amides is 1. The van der Waals surface area contributed by atoms with Crippen molar-refractivity contribution in [2.45, 2.75) is 19.9 Å². The Morgan fingerprint density at radius 2 is 2.14 bits per heavy atom. The molecule has 5 nitrogen and oxygen atoms in total. The first-order valence-corrected chi connectivity index (χ1v) is 4.26. The van der Waals surface area contributed by atoms with Crippen LogP contribution >= 0.6 is 0 Å². The fraction of sp³-hybridized carbons (Fsp3) is 0.333. The molecule has 1 aromatic heterocycles. The molecule has 0 aliphatic heterocycles. The number of primary amides is 1. The highest BCUT2D eigenvalue weighted by Gasteiger charge is 2.04. The van der Waals surface area contributed by atoms with E-state index in [0.29, 0.717) is 11.4 Å². The van der Waals surface area contributed by atoms with Crippen LogP contribution in [0, 0.1) is 6.92 Å². The zero-order valence-electron chi connectivity index (χ0n) is 7.99. The molecule has 76 valence electrons. The molecule has 0 saturated carbocycles. The summed E-state index contributed by atoms with van der Waals surface area (Å²) < 4.78 is 1.44. The lowest BCUT2D eigenvalue weighted by atomic mass is 10.3. The van der Waals surface area contributed by atoms with Crippen molar-refractivity contribution in [2.75, 3.05) is 5.73 Å². The fourth-order valence-electron chi connectivity index (χ4n) is 1.19. The molecule has 1 amide bonds. The summed E-state index contributed by atoms with van der Waals surface area (Å²) in [6.45, 7) is 2.02. The molecule has 14 heavy (non-hydrogen) atoms. The third-order valence-electron chi connectivity index (χ3n) is 2.08. The second-order valence-electron chi connectivity index (χ2n) is 3.08. The van der Waals surface area contributed by atoms with Crippen molar-refractivity contribution in [3.63, 3.8) is 0 Å². The van der Waals surface area contributed by atoms with Crippen molar-refractivity contribution < 1.29 is 4.79 Å². The van der Waals surface area contributed by atoms with Gasteiger partial charge in [0.15, 0.2) is 0 Å². The first-order valence-electron chi connectivity index (χ1n) is 4.26. The van der Waals surface area contributed by atoms with E-state index in [0.717, 1.165) is 0 Å². The molecule has 1 rings (SSSR count). The largest absolute Gasteiger partial charge is 0.397 e. The average Bonchev–Trinajstić information content (AvgIpc) is 2.11. The van der Waals surface area contributed by atoms with E-state index in [2.05, 4.69) is 0 Å². The van der Waals surface area contributed by atoms with E-state index < -0.39 is 5.91 Å². The number of hydrogen-bond donors (Lipinski definition) is 2. The van der Waals surface area contributed by atoms with Gasteiger partial charge in [0.05, 0.1) is 5.69 Å². The van der Waals surface area contributed by atoms with Gasteiger partial charge in [0.1, 0.15) is 0 Å². The number of rotatable bonds is 3. The van der Waals surface area contributed by atoms with Gasteiger partial charge < -0.3 is 16.0 Å². The molecular formula is C9H13N3O2. The van der Waals surface area contributed by atoms with Crippen LogP contribution in [0.25, 0.3) is 0 Å². The quantitative estimate of drug-likeness (QED) is 0.688. The summed E-state index contributed by atoms with van der Waals surface area (Å²) in [6.07, 6.45) is 0.143. The summed E-state index contributed by atoms with van der Waals surface area (Å²) >= 11 is 0. The predicted octanol–water partition coefficient (Wildman–Crippen LogP) is -0.386. The van der Waals surface area contributed by atoms with Gasteiger partial charge in [0, 0.05) is 24.7 Å². The van der Waals surface area contributed by atoms with Crippen LogP contribution in [0.15, 0.2) is 16.9 Å². The first kappa shape index (κ1) is 10.3. The monoisotopic (exact) mass is 195 g/mol. The highest BCUT2D eigenvalue weighted by atomic mass is 16.1. The van der Waals surface area contributed by atoms with E-state index in [1.807, 2.05) is 0 Å². The maximum atomic E-state index is 11.4. The Morgan fingerprint density at radius 3 is 2.71 bits per heavy atom. The van der Waals surface area contributed by atoms with Gasteiger partial charge in [-0.1, -0.05) is 0 Å². The van der Waals surface area contributed by atoms with Gasteiger partial charge in [-0.3, -0.25) is 9.59 Å². The van der Waals surface area contributed by atoms with Crippen LogP contribution in [0.5, 0.6) is 0 Å². The van der Waals surface area contributed by atoms with Crippen LogP contribution < -0.4 is 17.0 Å². The Morgan fingerprint density at radius 1 is 1.50 bits per heavy atom. The predicted molar refractivity (Wildman–Crippen MR) is 53.7 cm³/mol. The van der Waals surface area contributed by atoms with Gasteiger partial charge in [-0.15, -0.1) is 0 Å². The minimum absolute atomic E-state index is 0.143. The Kier molecular flexibility index (Phi) is 2.91. The van der Waals surface area contributed by atoms with Crippen molar-refractivity contribution in [3.05, 3.63) is 28.2 Å². The zero-order valence-corrected chi connectivity index (χ0v) is 7.99. The highest BCUT2D eigenvalue weighted by molar-refractivity contribution is 5.73. The second-order valence-corrected chi connectivity index (χ2v) is 3.08. The summed E-state index contributed by atoms with van der Waals surface area (Å²) in [4.78, 5) is 21.9. The normalized spacial score (nSPS) is 10.1. The molecule has 0 bridgehead atoms. The minimum Gasteiger partial charge on any atom is -0.397 e. The Bertz CT molecular complexity index is 409. The van der Waals surface area contributed by atoms with Crippen LogP contribution in [0.3, 0.4) is 0 Å². The maximum Gasteiger partial charge on any atom is 0.250 e. The van der Waals surface area contributed by atoms with Crippen LogP contribution in [0.4, 0.5) is 5.69 Å². The molecule has 0 aliphatic carbocycles. The topological polar surface area (TPSA) is 91.1 Å². The summed E-state index contributed by atoms with van der Waals surface area (Å²) in [5.74, 6) is -0.432. The number of carbonyl (C=O) groups excluding carboxylic acids is 1. The molecule has 0 aromatic carbocycles. The van der Waals surface area contributed by atoms with Crippen LogP contribution in [-0.2, 0) is 11.3 Å². The van der Waals surface area contributed by atoms with Gasteiger partial charge >= 0.3 is 0 Å². The van der Waals surface area contributed by atoms with E-state index in [1.54, 1.807) is 13.0 Å². The molecule has 1 aromatic rings. The maximum absolute atomic E-state index is 11.4. The molecule has 0 atom stereocenters. The van der Waals surface area contributed by atoms with E-state index >= 15 is 0 Å². The molecule has 1 heterocycles. The number of pyridine rings is 1. The van der Waals surface area contributed by atoms with Crippen molar-refractivity contribution in [1.82, 2.24) is 4.57 Å². The van der Waals surface area contributed by atoms with E-state index in [1.165, 1.54) is 10.6 Å². The number of aromatic nitrogens is 1. The molecule has 0 spiro atoms. The molecule has 0 saturated heterocycles. The third kappa shape index (κ3) is 2.12. The summed E-state index contributed by atoms with van der Waals surface area (Å²) in [7, 11) is 0. The number of anilines is 1. The number of nitrogen functional groups attached to an aromatic ring is 1. The molecule has 0 unspecified atom stereocenters. The Balaban J connectivity index is 3.01. The first-order chi connectivity index (χ1) is 6.52. The second kappa shape index (κ2) is 3.95. The van der Waals surface area contributed by atoms with E-state index in [4.69, 9.17) is 11.5 Å². The number of nitrogens with zero attached hydrogens (tertiary/aromatic N) is 1. The van der Waals surface area contributed by atoms with Crippen LogP contribution in [-0.4, -0.2) is 10.5 Å². The molecule has 5 heteroatoms. The third-order valence-corrected chi connectivity index (χ3v) is 2.08. The lowest BCUT2D eigenvalue weighted by molar-refractivity contribution is -0.118. The molecular weight excluding hydrogens is 182 g/mol. The summed E-state index contributed by atoms with van der Waals surface area (Å²) in [6, 6.07) is 2.93. The van der Waals surface area contributed by atoms with E-state index in [9.17, 15) is 9.59 Å². The molecule has 4 N–H and O–H groups in total. The number of nitrogens with two attached hydrogens (primary N) is 2. The van der Waals surface area contributed by atoms with Crippen molar-refractivity contribution in [2.24, 2.45) is 5.73 Å². The SMILES string of the molecule is Cc1c(N)ccc(=O)n1CCC(N)=O. The van der Waals surface area contributed by atoms with Gasteiger partial charge in [-0.05, 0) is 13.0 Å². The number of carbonyl (C=O) groups is 1. The number of hydrogen-bond acceptors (Lipinski definition) is 3. The standard InChI is InChI=1S/C9H13N3O2/c1-6-7(10)2-3-9(14)12(6)5-4-8(11)13/h2-3H,4-5,10H2,1H3,(H2,11,13). The molecule has 0 fully saturated rings. The van der Waals surface area contributed by atoms with Gasteiger partial charge in [-0.2, -0.15) is 0 Å². The zero-order chi connectivity index (χ0) is 10.7. The van der Waals surface area contributed by atoms with Gasteiger partial charge in [-0.25, -0.2) is 0 Å². The Labute approximate surface area is 81.3 Å². The minimum atomic E-state index is -0.432. The lowest BCUT2D eigenvalue weighted by Gasteiger charge is -2.09. The van der Waals surface area contributed by atoms with Crippen molar-refractivity contribution >= 4 is 11.6 Å². The van der Waals surface area contributed by atoms with Gasteiger partial charge in [0.2, 0.25) is 5.91 Å². The fourth-order valence-corrected chi connectivity index (χ4v) is 1.19. The smallest absolute Gasteiger partial charge is 0.250 e. The highest BCUT2D eigenvalue weighted by Crippen LogP contribution is 2.06. The van der Waals surface area contributed by atoms with Crippen LogP contribution in [0.1, 0.15) is 12.1 Å². The summed E-state index contributed by atoms with van der Waals surface area (Å²) in [5, 5.41) is 0. The van der Waals surface area contributed by atoms with E-state index in [-0.39, 0.29) is 18.5 Å². The summed E-state index contributed by atoms with van der Waals surface area (Å²) in [5.41, 5.74) is 11.6. The molecule has 0 aliphatic rings. The lowest BCUT2D eigenvalue weighted by Crippen LogP contribution is -2.25. The van der Waals surface area contributed by atoms with Crippen molar-refractivity contribution in [3.8, 4) is 0 Å². The van der Waals surface area contributed by atoms with Crippen LogP contribution in [0.2, 0.25) is 0 Å². The van der Waals surface area contributed by atoms with Crippen molar-refractivity contribution in [1.29, 1.82) is 0 Å². The Hall–Kier alpha value is -1.78. The molecule has 0 radical (unpaired) electrons. The van der Waals surface area contributed by atoms with Gasteiger partial charge in [0.25, 0.3) is 5.56 Å². The average molecular weight is 195 g/mol.